The Morgan fingerprint density at radius 1 is 1.24 bits per heavy atom. The van der Waals surface area contributed by atoms with E-state index in [1.165, 1.54) is 25.7 Å². The second kappa shape index (κ2) is 9.90. The average molecular weight is 351 g/mol. The summed E-state index contributed by atoms with van der Waals surface area (Å²) in [6.45, 7) is 18.0. The van der Waals surface area contributed by atoms with Crippen LogP contribution in [0.25, 0.3) is 0 Å². The van der Waals surface area contributed by atoms with Crippen molar-refractivity contribution >= 4 is 5.78 Å². The number of methoxy groups -OCH3 is 1. The monoisotopic (exact) mass is 350 g/mol. The van der Waals surface area contributed by atoms with Crippen molar-refractivity contribution in [2.75, 3.05) is 13.7 Å². The maximum atomic E-state index is 13.0. The molecule has 25 heavy (non-hydrogen) atoms. The molecule has 1 aliphatic rings. The Kier molecular flexibility index (Phi) is 8.87. The molecule has 0 radical (unpaired) electrons. The van der Waals surface area contributed by atoms with Gasteiger partial charge in [-0.25, -0.2) is 0 Å². The van der Waals surface area contributed by atoms with E-state index in [4.69, 9.17) is 4.74 Å². The summed E-state index contributed by atoms with van der Waals surface area (Å²) in [4.78, 5) is 13.0. The summed E-state index contributed by atoms with van der Waals surface area (Å²) >= 11 is 0. The Balaban J connectivity index is 2.65. The molecule has 0 heterocycles. The third kappa shape index (κ3) is 5.94. The number of carbonyl (C=O) groups is 1. The minimum atomic E-state index is -0.541. The van der Waals surface area contributed by atoms with Gasteiger partial charge in [-0.3, -0.25) is 4.79 Å². The molecular weight excluding hydrogens is 308 g/mol. The first-order chi connectivity index (χ1) is 11.6. The molecule has 1 aliphatic carbocycles. The minimum absolute atomic E-state index is 0.300. The smallest absolute Gasteiger partial charge is 0.145 e. The second-order valence-corrected chi connectivity index (χ2v) is 9.35. The highest BCUT2D eigenvalue weighted by molar-refractivity contribution is 5.87. The molecule has 0 saturated heterocycles. The lowest BCUT2D eigenvalue weighted by molar-refractivity contribution is -0.129. The van der Waals surface area contributed by atoms with Crippen LogP contribution in [-0.4, -0.2) is 19.5 Å². The van der Waals surface area contributed by atoms with Crippen LogP contribution in [0.4, 0.5) is 0 Å². The van der Waals surface area contributed by atoms with Crippen LogP contribution in [0.5, 0.6) is 0 Å². The van der Waals surface area contributed by atoms with Crippen molar-refractivity contribution in [2.24, 2.45) is 35.0 Å². The molecule has 0 aromatic heterocycles. The predicted octanol–water partition coefficient (Wildman–Crippen LogP) is 6.30. The van der Waals surface area contributed by atoms with Crippen LogP contribution >= 0.6 is 0 Å². The largest absolute Gasteiger partial charge is 0.383 e. The lowest BCUT2D eigenvalue weighted by Gasteiger charge is -2.38. The van der Waals surface area contributed by atoms with E-state index < -0.39 is 5.41 Å². The van der Waals surface area contributed by atoms with E-state index in [0.29, 0.717) is 24.7 Å². The highest BCUT2D eigenvalue weighted by atomic mass is 16.5. The molecule has 146 valence electrons. The number of Topliss-reactive ketones (excluding diaryl/α,β-unsaturated/α-hetero) is 1. The SMILES string of the molecule is C=C(C(C)C)C(C)(COC)C(=O)CCCC1CC(C)CCC1C(C)C. The van der Waals surface area contributed by atoms with E-state index in [1.807, 2.05) is 6.92 Å². The van der Waals surface area contributed by atoms with Gasteiger partial charge in [0, 0.05) is 13.5 Å². The molecule has 1 fully saturated rings. The van der Waals surface area contributed by atoms with Gasteiger partial charge < -0.3 is 4.74 Å². The Hall–Kier alpha value is -0.630. The molecule has 0 aromatic rings. The molecule has 4 unspecified atom stereocenters. The maximum absolute atomic E-state index is 13.0. The van der Waals surface area contributed by atoms with Gasteiger partial charge in [-0.1, -0.05) is 53.2 Å². The highest BCUT2D eigenvalue weighted by Crippen LogP contribution is 2.41. The van der Waals surface area contributed by atoms with Gasteiger partial charge in [0.05, 0.1) is 12.0 Å². The zero-order valence-corrected chi connectivity index (χ0v) is 17.9. The number of hydrogen-bond donors (Lipinski definition) is 0. The van der Waals surface area contributed by atoms with Gasteiger partial charge in [0.25, 0.3) is 0 Å². The van der Waals surface area contributed by atoms with Crippen LogP contribution in [0.1, 0.15) is 80.1 Å². The number of rotatable bonds is 10. The summed E-state index contributed by atoms with van der Waals surface area (Å²) in [5.41, 5.74) is 0.464. The quantitative estimate of drug-likeness (QED) is 0.432. The van der Waals surface area contributed by atoms with Gasteiger partial charge in [0.15, 0.2) is 0 Å². The third-order valence-electron chi connectivity index (χ3n) is 6.59. The van der Waals surface area contributed by atoms with Crippen LogP contribution in [-0.2, 0) is 9.53 Å². The van der Waals surface area contributed by atoms with Gasteiger partial charge >= 0.3 is 0 Å². The molecule has 0 aromatic carbocycles. The van der Waals surface area contributed by atoms with E-state index in [2.05, 4.69) is 41.2 Å². The molecule has 2 heteroatoms. The van der Waals surface area contributed by atoms with Crippen molar-refractivity contribution in [2.45, 2.75) is 80.1 Å². The molecule has 0 bridgehead atoms. The van der Waals surface area contributed by atoms with Gasteiger partial charge in [0.2, 0.25) is 0 Å². The molecule has 4 atom stereocenters. The summed E-state index contributed by atoms with van der Waals surface area (Å²) in [5, 5.41) is 0. The topological polar surface area (TPSA) is 26.3 Å². The van der Waals surface area contributed by atoms with Gasteiger partial charge in [0.1, 0.15) is 5.78 Å². The highest BCUT2D eigenvalue weighted by Gasteiger charge is 2.37. The molecular formula is C23H42O2. The summed E-state index contributed by atoms with van der Waals surface area (Å²) in [6.07, 6.45) is 6.92. The van der Waals surface area contributed by atoms with Gasteiger partial charge in [-0.05, 0) is 62.2 Å². The Bertz CT molecular complexity index is 437. The van der Waals surface area contributed by atoms with E-state index in [0.717, 1.165) is 35.7 Å². The first-order valence-corrected chi connectivity index (χ1v) is 10.3. The fraction of sp³-hybridized carbons (Fsp3) is 0.870. The van der Waals surface area contributed by atoms with Crippen LogP contribution in [0.2, 0.25) is 0 Å². The molecule has 0 N–H and O–H groups in total. The average Bonchev–Trinajstić information content (AvgIpc) is 2.53. The normalized spacial score (nSPS) is 26.7. The number of ether oxygens (including phenoxy) is 1. The van der Waals surface area contributed by atoms with Crippen LogP contribution in [0.3, 0.4) is 0 Å². The summed E-state index contributed by atoms with van der Waals surface area (Å²) in [5.74, 6) is 3.83. The van der Waals surface area contributed by atoms with Crippen molar-refractivity contribution in [3.63, 3.8) is 0 Å². The molecule has 2 nitrogen and oxygen atoms in total. The van der Waals surface area contributed by atoms with Crippen LogP contribution in [0, 0.1) is 35.0 Å². The lowest BCUT2D eigenvalue weighted by atomic mass is 9.68. The van der Waals surface area contributed by atoms with Crippen molar-refractivity contribution in [3.8, 4) is 0 Å². The third-order valence-corrected chi connectivity index (χ3v) is 6.59. The standard InChI is InChI=1S/C23H42O2/c1-16(2)19(6)23(7,15-25-8)22(24)11-9-10-20-14-18(5)12-13-21(20)17(3)4/h16-18,20-21H,6,9-15H2,1-5,7-8H3. The fourth-order valence-corrected chi connectivity index (χ4v) is 4.81. The zero-order valence-electron chi connectivity index (χ0n) is 17.9. The molecule has 1 rings (SSSR count). The number of carbonyl (C=O) groups excluding carboxylic acids is 1. The summed E-state index contributed by atoms with van der Waals surface area (Å²) < 4.78 is 5.38. The summed E-state index contributed by atoms with van der Waals surface area (Å²) in [6, 6.07) is 0. The predicted molar refractivity (Wildman–Crippen MR) is 108 cm³/mol. The van der Waals surface area contributed by atoms with Crippen molar-refractivity contribution in [1.82, 2.24) is 0 Å². The minimum Gasteiger partial charge on any atom is -0.383 e. The summed E-state index contributed by atoms with van der Waals surface area (Å²) in [7, 11) is 1.68. The maximum Gasteiger partial charge on any atom is 0.145 e. The number of hydrogen-bond acceptors (Lipinski definition) is 2. The Morgan fingerprint density at radius 2 is 1.88 bits per heavy atom. The van der Waals surface area contributed by atoms with Gasteiger partial charge in [-0.2, -0.15) is 0 Å². The molecule has 1 saturated carbocycles. The van der Waals surface area contributed by atoms with E-state index in [-0.39, 0.29) is 0 Å². The van der Waals surface area contributed by atoms with Crippen molar-refractivity contribution in [3.05, 3.63) is 12.2 Å². The van der Waals surface area contributed by atoms with Gasteiger partial charge in [-0.15, -0.1) is 0 Å². The number of ketones is 1. The zero-order chi connectivity index (χ0) is 19.2. The fourth-order valence-electron chi connectivity index (χ4n) is 4.81. The molecule has 0 amide bonds. The molecule has 0 aliphatic heterocycles. The second-order valence-electron chi connectivity index (χ2n) is 9.35. The lowest BCUT2D eigenvalue weighted by Crippen LogP contribution is -2.36. The van der Waals surface area contributed by atoms with Crippen LogP contribution < -0.4 is 0 Å². The first kappa shape index (κ1) is 22.4. The van der Waals surface area contributed by atoms with Crippen molar-refractivity contribution < 1.29 is 9.53 Å². The Labute approximate surface area is 156 Å². The first-order valence-electron chi connectivity index (χ1n) is 10.3. The van der Waals surface area contributed by atoms with Crippen molar-refractivity contribution in [1.29, 1.82) is 0 Å². The van der Waals surface area contributed by atoms with E-state index >= 15 is 0 Å². The van der Waals surface area contributed by atoms with E-state index in [9.17, 15) is 4.79 Å². The Morgan fingerprint density at radius 3 is 2.40 bits per heavy atom. The van der Waals surface area contributed by atoms with E-state index in [1.54, 1.807) is 7.11 Å². The van der Waals surface area contributed by atoms with Crippen LogP contribution in [0.15, 0.2) is 12.2 Å². The molecule has 0 spiro atoms.